The zero-order valence-electron chi connectivity index (χ0n) is 9.51. The van der Waals surface area contributed by atoms with Crippen LogP contribution in [0.4, 0.5) is 0 Å². The van der Waals surface area contributed by atoms with Crippen molar-refractivity contribution in [2.45, 2.75) is 0 Å². The smallest absolute Gasteiger partial charge is 0.381 e. The molecule has 1 aromatic heterocycles. The second-order valence-electron chi connectivity index (χ2n) is 3.57. The highest BCUT2D eigenvalue weighted by Crippen LogP contribution is 1.99. The van der Waals surface area contributed by atoms with Crippen LogP contribution < -0.4 is 4.57 Å². The molecule has 0 saturated carbocycles. The van der Waals surface area contributed by atoms with E-state index in [2.05, 4.69) is 10.3 Å². The maximum absolute atomic E-state index is 9.11. The second-order valence-corrected chi connectivity index (χ2v) is 3.57. The number of hydrogen-bond acceptors (Lipinski definition) is 4. The van der Waals surface area contributed by atoms with Gasteiger partial charge < -0.3 is 10.4 Å². The van der Waals surface area contributed by atoms with E-state index in [4.69, 9.17) is 10.4 Å². The lowest BCUT2D eigenvalue weighted by atomic mass is 10.2. The van der Waals surface area contributed by atoms with Crippen LogP contribution in [-0.2, 0) is 0 Å². The predicted octanol–water partition coefficient (Wildman–Crippen LogP) is 1.47. The lowest BCUT2D eigenvalue weighted by molar-refractivity contribution is -0.555. The molecule has 18 heavy (non-hydrogen) atoms. The highest BCUT2D eigenvalue weighted by molar-refractivity contribution is 5.91. The van der Waals surface area contributed by atoms with E-state index in [1.165, 1.54) is 6.21 Å². The van der Waals surface area contributed by atoms with Crippen LogP contribution >= 0.6 is 0 Å². The van der Waals surface area contributed by atoms with Gasteiger partial charge in [0.05, 0.1) is 24.2 Å². The number of hydrogen-bond donors (Lipinski definition) is 2. The topological polar surface area (TPSA) is 69.1 Å². The first-order valence-electron chi connectivity index (χ1n) is 5.32. The van der Waals surface area contributed by atoms with E-state index in [1.54, 1.807) is 29.1 Å². The minimum Gasteiger partial charge on any atom is -0.411 e. The van der Waals surface area contributed by atoms with Crippen molar-refractivity contribution >= 4 is 12.1 Å². The SMILES string of the molecule is O/N=C/c1cc[n+](/C(=N/O)c2ccccc2)cc1. The Morgan fingerprint density at radius 2 is 1.67 bits per heavy atom. The maximum Gasteiger partial charge on any atom is 0.381 e. The van der Waals surface area contributed by atoms with Gasteiger partial charge in [-0.25, -0.2) is 0 Å². The van der Waals surface area contributed by atoms with Gasteiger partial charge in [0.15, 0.2) is 5.16 Å². The van der Waals surface area contributed by atoms with Crippen molar-refractivity contribution in [2.75, 3.05) is 0 Å². The molecule has 0 aliphatic rings. The quantitative estimate of drug-likeness (QED) is 0.275. The van der Waals surface area contributed by atoms with Crippen LogP contribution in [0, 0.1) is 0 Å². The molecule has 90 valence electrons. The highest BCUT2D eigenvalue weighted by atomic mass is 16.4. The summed E-state index contributed by atoms with van der Waals surface area (Å²) in [7, 11) is 0. The minimum absolute atomic E-state index is 0.420. The monoisotopic (exact) mass is 242 g/mol. The molecule has 5 nitrogen and oxygen atoms in total. The first-order valence-corrected chi connectivity index (χ1v) is 5.32. The van der Waals surface area contributed by atoms with Crippen LogP contribution in [-0.4, -0.2) is 22.5 Å². The first-order chi connectivity index (χ1) is 8.85. The minimum atomic E-state index is 0.420. The lowest BCUT2D eigenvalue weighted by Crippen LogP contribution is -2.42. The van der Waals surface area contributed by atoms with Crippen molar-refractivity contribution in [2.24, 2.45) is 10.3 Å². The third-order valence-corrected chi connectivity index (χ3v) is 2.43. The van der Waals surface area contributed by atoms with Crippen LogP contribution in [0.2, 0.25) is 0 Å². The molecule has 5 heteroatoms. The fourth-order valence-electron chi connectivity index (χ4n) is 1.58. The van der Waals surface area contributed by atoms with E-state index in [1.807, 2.05) is 30.3 Å². The zero-order valence-corrected chi connectivity index (χ0v) is 9.51. The Morgan fingerprint density at radius 3 is 2.22 bits per heavy atom. The summed E-state index contributed by atoms with van der Waals surface area (Å²) in [5, 5.41) is 23.8. The molecule has 2 rings (SSSR count). The van der Waals surface area contributed by atoms with E-state index in [9.17, 15) is 0 Å². The standard InChI is InChI=1S/C13H11N3O2/c17-14-10-11-6-8-16(9-7-11)13(15-18)12-4-2-1-3-5-12/h1-10,18H/p+1/b15-13+. The van der Waals surface area contributed by atoms with Crippen LogP contribution in [0.25, 0.3) is 0 Å². The Morgan fingerprint density at radius 1 is 1.00 bits per heavy atom. The summed E-state index contributed by atoms with van der Waals surface area (Å²) in [6.07, 6.45) is 4.76. The summed E-state index contributed by atoms with van der Waals surface area (Å²) >= 11 is 0. The molecule has 2 N–H and O–H groups in total. The van der Waals surface area contributed by atoms with Crippen molar-refractivity contribution < 1.29 is 15.0 Å². The van der Waals surface area contributed by atoms with E-state index in [-0.39, 0.29) is 0 Å². The third-order valence-electron chi connectivity index (χ3n) is 2.43. The third kappa shape index (κ3) is 2.52. The Hall–Kier alpha value is -2.69. The van der Waals surface area contributed by atoms with Crippen molar-refractivity contribution in [1.29, 1.82) is 0 Å². The van der Waals surface area contributed by atoms with Crippen LogP contribution in [0.15, 0.2) is 65.2 Å². The molecule has 0 amide bonds. The number of rotatable bonds is 2. The molecule has 0 unspecified atom stereocenters. The summed E-state index contributed by atoms with van der Waals surface area (Å²) < 4.78 is 1.67. The molecule has 1 aromatic carbocycles. The second kappa shape index (κ2) is 5.58. The molecule has 0 fully saturated rings. The van der Waals surface area contributed by atoms with Gasteiger partial charge in [-0.2, -0.15) is 4.57 Å². The molecular weight excluding hydrogens is 230 g/mol. The van der Waals surface area contributed by atoms with Gasteiger partial charge in [0, 0.05) is 5.56 Å². The Labute approximate surface area is 104 Å². The molecule has 0 aliphatic heterocycles. The van der Waals surface area contributed by atoms with E-state index < -0.39 is 0 Å². The molecular formula is C13H12N3O2+. The summed E-state index contributed by atoms with van der Waals surface area (Å²) in [6.45, 7) is 0. The van der Waals surface area contributed by atoms with Crippen molar-refractivity contribution in [1.82, 2.24) is 0 Å². The van der Waals surface area contributed by atoms with E-state index in [0.717, 1.165) is 11.1 Å². The molecule has 0 saturated heterocycles. The van der Waals surface area contributed by atoms with E-state index >= 15 is 0 Å². The average Bonchev–Trinajstić information content (AvgIpc) is 2.43. The summed E-state index contributed by atoms with van der Waals surface area (Å²) in [5.74, 6) is 0.420. The Kier molecular flexibility index (Phi) is 3.66. The van der Waals surface area contributed by atoms with Gasteiger partial charge in [-0.3, -0.25) is 0 Å². The van der Waals surface area contributed by atoms with Crippen LogP contribution in [0.5, 0.6) is 0 Å². The fraction of sp³-hybridized carbons (Fsp3) is 0. The van der Waals surface area contributed by atoms with Gasteiger partial charge in [-0.15, -0.1) is 0 Å². The summed E-state index contributed by atoms with van der Waals surface area (Å²) in [6, 6.07) is 12.8. The lowest BCUT2D eigenvalue weighted by Gasteiger charge is -1.99. The summed E-state index contributed by atoms with van der Waals surface area (Å²) in [4.78, 5) is 0. The largest absolute Gasteiger partial charge is 0.411 e. The number of benzene rings is 1. The maximum atomic E-state index is 9.11. The Bertz CT molecular complexity index is 563. The zero-order chi connectivity index (χ0) is 12.8. The van der Waals surface area contributed by atoms with Gasteiger partial charge in [0.25, 0.3) is 0 Å². The molecule has 0 bridgehead atoms. The van der Waals surface area contributed by atoms with Crippen molar-refractivity contribution in [3.05, 3.63) is 66.0 Å². The van der Waals surface area contributed by atoms with E-state index in [0.29, 0.717) is 5.84 Å². The number of aromatic nitrogens is 1. The first kappa shape index (κ1) is 11.8. The van der Waals surface area contributed by atoms with Crippen LogP contribution in [0.1, 0.15) is 11.1 Å². The molecule has 2 aromatic rings. The Balaban J connectivity index is 2.35. The predicted molar refractivity (Wildman–Crippen MR) is 66.2 cm³/mol. The van der Waals surface area contributed by atoms with Crippen molar-refractivity contribution in [3.63, 3.8) is 0 Å². The number of oxime groups is 2. The fourth-order valence-corrected chi connectivity index (χ4v) is 1.58. The van der Waals surface area contributed by atoms with Gasteiger partial charge in [-0.05, 0) is 24.3 Å². The summed E-state index contributed by atoms with van der Waals surface area (Å²) in [5.41, 5.74) is 1.55. The van der Waals surface area contributed by atoms with Crippen molar-refractivity contribution in [3.8, 4) is 0 Å². The van der Waals surface area contributed by atoms with Gasteiger partial charge in [0.2, 0.25) is 0 Å². The van der Waals surface area contributed by atoms with Crippen LogP contribution in [0.3, 0.4) is 0 Å². The van der Waals surface area contributed by atoms with Gasteiger partial charge in [-0.1, -0.05) is 23.4 Å². The number of nitrogens with zero attached hydrogens (tertiary/aromatic N) is 3. The normalized spacial score (nSPS) is 11.9. The molecule has 0 radical (unpaired) electrons. The average molecular weight is 242 g/mol. The molecule has 0 atom stereocenters. The molecule has 0 aliphatic carbocycles. The van der Waals surface area contributed by atoms with Gasteiger partial charge >= 0.3 is 5.84 Å². The number of pyridine rings is 1. The molecule has 0 spiro atoms. The molecule has 1 heterocycles. The van der Waals surface area contributed by atoms with Gasteiger partial charge in [0.1, 0.15) is 0 Å². The highest BCUT2D eigenvalue weighted by Gasteiger charge is 2.15.